The lowest BCUT2D eigenvalue weighted by Crippen LogP contribution is -2.59. The van der Waals surface area contributed by atoms with Crippen molar-refractivity contribution >= 4 is 11.8 Å². The Morgan fingerprint density at radius 3 is 2.76 bits per heavy atom. The van der Waals surface area contributed by atoms with Crippen molar-refractivity contribution in [1.29, 1.82) is 0 Å². The number of likely N-dealkylation sites (N-methyl/N-ethyl adjacent to an activating group) is 1. The lowest BCUT2D eigenvalue weighted by atomic mass is 10.1. The van der Waals surface area contributed by atoms with E-state index in [2.05, 4.69) is 36.0 Å². The predicted molar refractivity (Wildman–Crippen MR) is 80.5 cm³/mol. The van der Waals surface area contributed by atoms with Gasteiger partial charge < -0.3 is 9.80 Å². The third-order valence-electron chi connectivity index (χ3n) is 4.41. The first-order valence-corrected chi connectivity index (χ1v) is 7.41. The summed E-state index contributed by atoms with van der Waals surface area (Å²) < 4.78 is 0. The largest absolute Gasteiger partial charge is 0.351 e. The van der Waals surface area contributed by atoms with E-state index in [4.69, 9.17) is 0 Å². The maximum absolute atomic E-state index is 4.37. The van der Waals surface area contributed by atoms with Crippen molar-refractivity contribution in [2.75, 3.05) is 29.9 Å². The van der Waals surface area contributed by atoms with E-state index in [9.17, 15) is 0 Å². The highest BCUT2D eigenvalue weighted by Gasteiger charge is 2.32. The number of fused-ring (bicyclic) bond motifs is 1. The van der Waals surface area contributed by atoms with E-state index >= 15 is 0 Å². The topological polar surface area (TPSA) is 58.0 Å². The van der Waals surface area contributed by atoms with Crippen LogP contribution in [0.2, 0.25) is 0 Å². The van der Waals surface area contributed by atoms with Crippen molar-refractivity contribution in [3.05, 3.63) is 35.8 Å². The molecule has 2 aromatic heterocycles. The first kappa shape index (κ1) is 12.5. The molecule has 6 nitrogen and oxygen atoms in total. The van der Waals surface area contributed by atoms with Crippen LogP contribution in [0.15, 0.2) is 24.5 Å². The maximum Gasteiger partial charge on any atom is 0.225 e. The van der Waals surface area contributed by atoms with Gasteiger partial charge >= 0.3 is 0 Å². The molecule has 1 aliphatic carbocycles. The zero-order chi connectivity index (χ0) is 14.2. The summed E-state index contributed by atoms with van der Waals surface area (Å²) in [7, 11) is 2.05. The van der Waals surface area contributed by atoms with Gasteiger partial charge in [0.05, 0.1) is 11.7 Å². The van der Waals surface area contributed by atoms with Crippen LogP contribution in [0, 0.1) is 0 Å². The van der Waals surface area contributed by atoms with Gasteiger partial charge in [-0.05, 0) is 37.0 Å². The molecule has 4 rings (SSSR count). The molecule has 2 aliphatic rings. The fraction of sp³-hybridized carbons (Fsp3) is 0.467. The minimum absolute atomic E-state index is 0.433. The predicted octanol–water partition coefficient (Wildman–Crippen LogP) is 1.08. The minimum Gasteiger partial charge on any atom is -0.351 e. The Bertz CT molecular complexity index is 638. The highest BCUT2D eigenvalue weighted by molar-refractivity contribution is 5.48. The van der Waals surface area contributed by atoms with E-state index < -0.39 is 0 Å². The molecule has 1 aliphatic heterocycles. The lowest BCUT2D eigenvalue weighted by molar-refractivity contribution is 0.484. The van der Waals surface area contributed by atoms with Gasteiger partial charge in [0.25, 0.3) is 0 Å². The molecule has 0 atom stereocenters. The molecule has 0 spiro atoms. The van der Waals surface area contributed by atoms with Crippen LogP contribution in [-0.2, 0) is 12.8 Å². The second kappa shape index (κ2) is 4.95. The summed E-state index contributed by atoms with van der Waals surface area (Å²) in [6.45, 7) is 1.89. The van der Waals surface area contributed by atoms with Crippen LogP contribution >= 0.6 is 0 Å². The van der Waals surface area contributed by atoms with E-state index in [1.165, 1.54) is 17.7 Å². The standard InChI is InChI=1S/C15H18N6/c1-20(15-16-6-3-7-17-15)12-9-21(10-12)14-8-11-4-2-5-13(11)18-19-14/h3,6-8,12H,2,4-5,9-10H2,1H3. The van der Waals surface area contributed by atoms with Crippen LogP contribution in [-0.4, -0.2) is 46.3 Å². The van der Waals surface area contributed by atoms with Crippen LogP contribution in [0.3, 0.4) is 0 Å². The number of hydrogen-bond donors (Lipinski definition) is 0. The minimum atomic E-state index is 0.433. The van der Waals surface area contributed by atoms with Crippen LogP contribution in [0.1, 0.15) is 17.7 Å². The molecule has 0 amide bonds. The Hall–Kier alpha value is -2.24. The third kappa shape index (κ3) is 2.20. The first-order valence-electron chi connectivity index (χ1n) is 7.41. The summed E-state index contributed by atoms with van der Waals surface area (Å²) in [4.78, 5) is 13.0. The number of anilines is 2. The molecule has 3 heterocycles. The molecule has 21 heavy (non-hydrogen) atoms. The first-order chi connectivity index (χ1) is 10.3. The molecule has 0 saturated carbocycles. The lowest BCUT2D eigenvalue weighted by Gasteiger charge is -2.44. The summed E-state index contributed by atoms with van der Waals surface area (Å²) in [6, 6.07) is 4.48. The van der Waals surface area contributed by atoms with E-state index in [1.54, 1.807) is 12.4 Å². The van der Waals surface area contributed by atoms with E-state index in [0.717, 1.165) is 37.7 Å². The molecule has 0 unspecified atom stereocenters. The van der Waals surface area contributed by atoms with Crippen LogP contribution in [0.4, 0.5) is 11.8 Å². The molecule has 6 heteroatoms. The van der Waals surface area contributed by atoms with Gasteiger partial charge in [0.1, 0.15) is 0 Å². The fourth-order valence-corrected chi connectivity index (χ4v) is 3.00. The second-order valence-corrected chi connectivity index (χ2v) is 5.75. The van der Waals surface area contributed by atoms with Gasteiger partial charge in [0.2, 0.25) is 5.95 Å². The highest BCUT2D eigenvalue weighted by Crippen LogP contribution is 2.27. The smallest absolute Gasteiger partial charge is 0.225 e. The van der Waals surface area contributed by atoms with Gasteiger partial charge in [-0.1, -0.05) is 0 Å². The van der Waals surface area contributed by atoms with E-state index in [-0.39, 0.29) is 0 Å². The Morgan fingerprint density at radius 2 is 1.95 bits per heavy atom. The van der Waals surface area contributed by atoms with Crippen molar-refractivity contribution in [3.63, 3.8) is 0 Å². The molecule has 1 fully saturated rings. The van der Waals surface area contributed by atoms with Gasteiger partial charge in [-0.15, -0.1) is 5.10 Å². The molecule has 2 aromatic rings. The Labute approximate surface area is 123 Å². The van der Waals surface area contributed by atoms with Crippen molar-refractivity contribution in [2.45, 2.75) is 25.3 Å². The van der Waals surface area contributed by atoms with Crippen molar-refractivity contribution in [3.8, 4) is 0 Å². The molecule has 0 aromatic carbocycles. The average Bonchev–Trinajstić information content (AvgIpc) is 2.94. The highest BCUT2D eigenvalue weighted by atomic mass is 15.4. The SMILES string of the molecule is CN(c1ncccn1)C1CN(c2cc3c(nn2)CCC3)C1. The Kier molecular flexibility index (Phi) is 2.94. The quantitative estimate of drug-likeness (QED) is 0.839. The number of rotatable bonds is 3. The Balaban J connectivity index is 1.43. The third-order valence-corrected chi connectivity index (χ3v) is 4.41. The zero-order valence-electron chi connectivity index (χ0n) is 12.1. The van der Waals surface area contributed by atoms with Gasteiger partial charge in [-0.25, -0.2) is 9.97 Å². The summed E-state index contributed by atoms with van der Waals surface area (Å²) in [6.07, 6.45) is 7.00. The number of aromatic nitrogens is 4. The van der Waals surface area contributed by atoms with Crippen LogP contribution < -0.4 is 9.80 Å². The number of hydrogen-bond acceptors (Lipinski definition) is 6. The molecule has 0 bridgehead atoms. The Morgan fingerprint density at radius 1 is 1.14 bits per heavy atom. The molecular weight excluding hydrogens is 264 g/mol. The zero-order valence-corrected chi connectivity index (χ0v) is 12.1. The maximum atomic E-state index is 4.37. The monoisotopic (exact) mass is 282 g/mol. The second-order valence-electron chi connectivity index (χ2n) is 5.75. The van der Waals surface area contributed by atoms with Crippen molar-refractivity contribution in [1.82, 2.24) is 20.2 Å². The average molecular weight is 282 g/mol. The van der Waals surface area contributed by atoms with Crippen LogP contribution in [0.25, 0.3) is 0 Å². The molecule has 1 saturated heterocycles. The fourth-order valence-electron chi connectivity index (χ4n) is 3.00. The molecule has 0 N–H and O–H groups in total. The molecule has 0 radical (unpaired) electrons. The van der Waals surface area contributed by atoms with Crippen LogP contribution in [0.5, 0.6) is 0 Å². The number of aryl methyl sites for hydroxylation is 2. The van der Waals surface area contributed by atoms with Gasteiger partial charge in [0, 0.05) is 32.5 Å². The van der Waals surface area contributed by atoms with Gasteiger partial charge in [0.15, 0.2) is 5.82 Å². The van der Waals surface area contributed by atoms with Gasteiger partial charge in [-0.2, -0.15) is 5.10 Å². The normalized spacial score (nSPS) is 17.5. The summed E-state index contributed by atoms with van der Waals surface area (Å²) in [5, 5.41) is 8.73. The summed E-state index contributed by atoms with van der Waals surface area (Å²) >= 11 is 0. The number of nitrogens with zero attached hydrogens (tertiary/aromatic N) is 6. The van der Waals surface area contributed by atoms with Crippen molar-refractivity contribution < 1.29 is 0 Å². The van der Waals surface area contributed by atoms with E-state index in [0.29, 0.717) is 6.04 Å². The molecular formula is C15H18N6. The summed E-state index contributed by atoms with van der Waals surface area (Å²) in [5.41, 5.74) is 2.56. The molecule has 108 valence electrons. The van der Waals surface area contributed by atoms with E-state index in [1.807, 2.05) is 13.1 Å². The van der Waals surface area contributed by atoms with Gasteiger partial charge in [-0.3, -0.25) is 0 Å². The summed E-state index contributed by atoms with van der Waals surface area (Å²) in [5.74, 6) is 1.79. The van der Waals surface area contributed by atoms with Crippen molar-refractivity contribution in [2.24, 2.45) is 0 Å².